The number of carbonyl (C=O) groups excluding carboxylic acids is 1. The fraction of sp³-hybridized carbons (Fsp3) is 0.389. The van der Waals surface area contributed by atoms with E-state index in [1.807, 2.05) is 45.2 Å². The topological polar surface area (TPSA) is 102 Å². The van der Waals surface area contributed by atoms with Gasteiger partial charge in [-0.3, -0.25) is 4.79 Å². The molecule has 0 aliphatic rings. The molecule has 1 aromatic rings. The van der Waals surface area contributed by atoms with Gasteiger partial charge in [-0.15, -0.1) is 0 Å². The molecule has 0 aliphatic heterocycles. The van der Waals surface area contributed by atoms with Crippen molar-refractivity contribution >= 4 is 29.3 Å². The molecule has 0 bridgehead atoms. The molecule has 134 valence electrons. The maximum atomic E-state index is 12.3. The second kappa shape index (κ2) is 9.74. The first-order chi connectivity index (χ1) is 11.8. The van der Waals surface area contributed by atoms with Gasteiger partial charge in [0.25, 0.3) is 5.91 Å². The first-order valence-electron chi connectivity index (χ1n) is 7.77. The van der Waals surface area contributed by atoms with E-state index in [9.17, 15) is 20.0 Å². The molecule has 0 fully saturated rings. The van der Waals surface area contributed by atoms with Crippen LogP contribution in [0.15, 0.2) is 23.9 Å². The molecule has 0 saturated heterocycles. The smallest absolute Gasteiger partial charge is 0.326 e. The van der Waals surface area contributed by atoms with Gasteiger partial charge in [0.05, 0.1) is 0 Å². The van der Waals surface area contributed by atoms with Crippen molar-refractivity contribution in [3.8, 4) is 6.07 Å². The SMILES string of the molecule is CSCCC(N/C=C(/C#N)C(=O)Nc1c(C)cc(C)cc1C)C(=O)O. The molecule has 25 heavy (non-hydrogen) atoms. The van der Waals surface area contributed by atoms with E-state index in [0.717, 1.165) is 16.7 Å². The Bertz CT molecular complexity index is 700. The number of benzene rings is 1. The van der Waals surface area contributed by atoms with Crippen LogP contribution in [-0.4, -0.2) is 35.0 Å². The Hall–Kier alpha value is -2.46. The van der Waals surface area contributed by atoms with Crippen LogP contribution >= 0.6 is 11.8 Å². The third kappa shape index (κ3) is 6.16. The molecule has 1 unspecified atom stereocenters. The minimum absolute atomic E-state index is 0.172. The number of carbonyl (C=O) groups is 2. The number of amides is 1. The molecule has 0 aromatic heterocycles. The highest BCUT2D eigenvalue weighted by atomic mass is 32.2. The number of rotatable bonds is 8. The van der Waals surface area contributed by atoms with Crippen molar-refractivity contribution in [3.05, 3.63) is 40.6 Å². The normalized spacial score (nSPS) is 12.2. The lowest BCUT2D eigenvalue weighted by atomic mass is 10.0. The number of aryl methyl sites for hydroxylation is 3. The molecule has 1 atom stereocenters. The van der Waals surface area contributed by atoms with E-state index >= 15 is 0 Å². The van der Waals surface area contributed by atoms with E-state index in [0.29, 0.717) is 17.9 Å². The van der Waals surface area contributed by atoms with E-state index in [4.69, 9.17) is 0 Å². The molecule has 6 nitrogen and oxygen atoms in total. The van der Waals surface area contributed by atoms with Crippen LogP contribution in [0.1, 0.15) is 23.1 Å². The average molecular weight is 361 g/mol. The zero-order valence-corrected chi connectivity index (χ0v) is 15.7. The molecule has 0 saturated carbocycles. The van der Waals surface area contributed by atoms with Crippen LogP contribution in [0, 0.1) is 32.1 Å². The molecular formula is C18H23N3O3S. The number of carboxylic acid groups (broad SMARTS) is 1. The Labute approximate surface area is 152 Å². The lowest BCUT2D eigenvalue weighted by Crippen LogP contribution is -2.34. The van der Waals surface area contributed by atoms with Gasteiger partial charge < -0.3 is 15.7 Å². The minimum atomic E-state index is -1.02. The molecule has 0 heterocycles. The van der Waals surface area contributed by atoms with Gasteiger partial charge in [-0.2, -0.15) is 17.0 Å². The number of aliphatic carboxylic acids is 1. The standard InChI is InChI=1S/C18H23N3O3S/c1-11-7-12(2)16(13(3)8-11)21-17(22)14(9-19)10-20-15(18(23)24)5-6-25-4/h7-8,10,15,20H,5-6H2,1-4H3,(H,21,22)(H,23,24)/b14-10-. The van der Waals surface area contributed by atoms with E-state index in [1.165, 1.54) is 18.0 Å². The van der Waals surface area contributed by atoms with E-state index in [-0.39, 0.29) is 5.57 Å². The quantitative estimate of drug-likeness (QED) is 0.486. The number of hydrogen-bond acceptors (Lipinski definition) is 5. The van der Waals surface area contributed by atoms with Gasteiger partial charge in [0.2, 0.25) is 0 Å². The van der Waals surface area contributed by atoms with Gasteiger partial charge in [-0.05, 0) is 50.3 Å². The molecule has 0 radical (unpaired) electrons. The van der Waals surface area contributed by atoms with Crippen LogP contribution in [-0.2, 0) is 9.59 Å². The summed E-state index contributed by atoms with van der Waals surface area (Å²) < 4.78 is 0. The van der Waals surface area contributed by atoms with Gasteiger partial charge in [-0.25, -0.2) is 4.79 Å². The maximum Gasteiger partial charge on any atom is 0.326 e. The van der Waals surface area contributed by atoms with E-state index in [2.05, 4.69) is 10.6 Å². The molecule has 0 aliphatic carbocycles. The van der Waals surface area contributed by atoms with Crippen LogP contribution in [0.25, 0.3) is 0 Å². The Balaban J connectivity index is 2.90. The summed E-state index contributed by atoms with van der Waals surface area (Å²) >= 11 is 1.53. The Morgan fingerprint density at radius 1 is 1.32 bits per heavy atom. The van der Waals surface area contributed by atoms with Crippen molar-refractivity contribution in [3.63, 3.8) is 0 Å². The monoisotopic (exact) mass is 361 g/mol. The third-order valence-corrected chi connectivity index (χ3v) is 4.26. The molecule has 1 aromatic carbocycles. The predicted octanol–water partition coefficient (Wildman–Crippen LogP) is 2.75. The third-order valence-electron chi connectivity index (χ3n) is 3.62. The summed E-state index contributed by atoms with van der Waals surface area (Å²) in [6, 6.07) is 4.86. The summed E-state index contributed by atoms with van der Waals surface area (Å²) in [6.07, 6.45) is 3.45. The second-order valence-corrected chi connectivity index (χ2v) is 6.72. The van der Waals surface area contributed by atoms with Crippen molar-refractivity contribution in [1.29, 1.82) is 5.26 Å². The number of nitrogens with one attached hydrogen (secondary N) is 2. The number of anilines is 1. The zero-order valence-electron chi connectivity index (χ0n) is 14.8. The zero-order chi connectivity index (χ0) is 19.0. The summed E-state index contributed by atoms with van der Waals surface area (Å²) in [5.74, 6) is -0.930. The van der Waals surface area contributed by atoms with Gasteiger partial charge in [0.15, 0.2) is 0 Å². The average Bonchev–Trinajstić information content (AvgIpc) is 2.53. The first-order valence-corrected chi connectivity index (χ1v) is 9.16. The van der Waals surface area contributed by atoms with Crippen molar-refractivity contribution < 1.29 is 14.7 Å². The summed E-state index contributed by atoms with van der Waals surface area (Å²) in [7, 11) is 0. The highest BCUT2D eigenvalue weighted by molar-refractivity contribution is 7.98. The van der Waals surface area contributed by atoms with Crippen molar-refractivity contribution in [2.24, 2.45) is 0 Å². The summed E-state index contributed by atoms with van der Waals surface area (Å²) in [5, 5.41) is 23.8. The summed E-state index contributed by atoms with van der Waals surface area (Å²) in [5.41, 5.74) is 3.38. The Morgan fingerprint density at radius 3 is 2.40 bits per heavy atom. The van der Waals surface area contributed by atoms with Crippen LogP contribution in [0.2, 0.25) is 0 Å². The van der Waals surface area contributed by atoms with Crippen molar-refractivity contribution in [2.45, 2.75) is 33.2 Å². The molecule has 3 N–H and O–H groups in total. The van der Waals surface area contributed by atoms with Gasteiger partial charge >= 0.3 is 5.97 Å². The van der Waals surface area contributed by atoms with Gasteiger partial charge in [0, 0.05) is 11.9 Å². The number of thioether (sulfide) groups is 1. The number of nitrogens with zero attached hydrogens (tertiary/aromatic N) is 1. The maximum absolute atomic E-state index is 12.3. The van der Waals surface area contributed by atoms with Crippen LogP contribution in [0.3, 0.4) is 0 Å². The largest absolute Gasteiger partial charge is 0.480 e. The Morgan fingerprint density at radius 2 is 1.92 bits per heavy atom. The number of nitriles is 1. The predicted molar refractivity (Wildman–Crippen MR) is 101 cm³/mol. The van der Waals surface area contributed by atoms with E-state index < -0.39 is 17.9 Å². The van der Waals surface area contributed by atoms with Crippen LogP contribution < -0.4 is 10.6 Å². The van der Waals surface area contributed by atoms with Crippen LogP contribution in [0.4, 0.5) is 5.69 Å². The molecule has 1 amide bonds. The van der Waals surface area contributed by atoms with Crippen molar-refractivity contribution in [1.82, 2.24) is 5.32 Å². The molecular weight excluding hydrogens is 338 g/mol. The second-order valence-electron chi connectivity index (χ2n) is 5.74. The highest BCUT2D eigenvalue weighted by Crippen LogP contribution is 2.22. The molecule has 0 spiro atoms. The van der Waals surface area contributed by atoms with E-state index in [1.54, 1.807) is 0 Å². The lowest BCUT2D eigenvalue weighted by Gasteiger charge is -2.14. The van der Waals surface area contributed by atoms with Gasteiger partial charge in [-0.1, -0.05) is 17.7 Å². The number of hydrogen-bond donors (Lipinski definition) is 3. The fourth-order valence-corrected chi connectivity index (χ4v) is 2.88. The van der Waals surface area contributed by atoms with Crippen LogP contribution in [0.5, 0.6) is 0 Å². The van der Waals surface area contributed by atoms with Crippen molar-refractivity contribution in [2.75, 3.05) is 17.3 Å². The minimum Gasteiger partial charge on any atom is -0.480 e. The highest BCUT2D eigenvalue weighted by Gasteiger charge is 2.17. The first kappa shape index (κ1) is 20.6. The Kier molecular flexibility index (Phi) is 8.02. The fourth-order valence-electron chi connectivity index (χ4n) is 2.40. The number of carboxylic acids is 1. The summed E-state index contributed by atoms with van der Waals surface area (Å²) in [6.45, 7) is 5.73. The van der Waals surface area contributed by atoms with Gasteiger partial charge in [0.1, 0.15) is 17.7 Å². The summed E-state index contributed by atoms with van der Waals surface area (Å²) in [4.78, 5) is 23.5. The molecule has 1 rings (SSSR count). The lowest BCUT2D eigenvalue weighted by molar-refractivity contribution is -0.139. The molecule has 7 heteroatoms.